The number of thioether (sulfide) groups is 1. The Hall–Kier alpha value is -2.31. The Balaban J connectivity index is 1.61. The number of fused-ring (bicyclic) bond motifs is 2. The van der Waals surface area contributed by atoms with Crippen LogP contribution in [0.25, 0.3) is 0 Å². The molecule has 0 aromatic heterocycles. The number of ether oxygens (including phenoxy) is 3. The molecule has 1 aromatic rings. The number of hydrogen-bond donors (Lipinski definition) is 1. The summed E-state index contributed by atoms with van der Waals surface area (Å²) in [6.45, 7) is -0.966. The van der Waals surface area contributed by atoms with Crippen molar-refractivity contribution in [1.82, 2.24) is 0 Å². The van der Waals surface area contributed by atoms with Gasteiger partial charge in [0.15, 0.2) is 26.5 Å². The molecule has 4 rings (SSSR count). The second-order valence-corrected chi connectivity index (χ2v) is 9.74. The smallest absolute Gasteiger partial charge is 0.329 e. The van der Waals surface area contributed by atoms with Crippen molar-refractivity contribution in [3.8, 4) is 11.5 Å². The minimum Gasteiger partial charge on any atom is -0.480 e. The van der Waals surface area contributed by atoms with Gasteiger partial charge in [0.2, 0.25) is 6.79 Å². The number of sulfone groups is 1. The van der Waals surface area contributed by atoms with Crippen LogP contribution in [-0.4, -0.2) is 73.4 Å². The van der Waals surface area contributed by atoms with E-state index < -0.39 is 34.9 Å². The van der Waals surface area contributed by atoms with E-state index in [0.717, 1.165) is 0 Å². The molecule has 3 heterocycles. The molecule has 0 spiro atoms. The molecule has 3 aliphatic rings. The quantitative estimate of drug-likeness (QED) is 0.689. The number of hydrogen-bond acceptors (Lipinski definition) is 8. The third kappa shape index (κ3) is 3.80. The molecule has 12 heteroatoms. The molecule has 0 saturated carbocycles. The maximum atomic E-state index is 12.1. The Bertz CT molecular complexity index is 961. The van der Waals surface area contributed by atoms with E-state index >= 15 is 0 Å². The zero-order valence-corrected chi connectivity index (χ0v) is 16.1. The van der Waals surface area contributed by atoms with E-state index in [1.54, 1.807) is 23.1 Å². The number of amides is 1. The predicted octanol–water partition coefficient (Wildman–Crippen LogP) is 0.118. The number of carbonyl (C=O) groups excluding carboxylic acids is 1. The van der Waals surface area contributed by atoms with Gasteiger partial charge in [-0.1, -0.05) is 11.8 Å². The van der Waals surface area contributed by atoms with E-state index in [2.05, 4.69) is 4.99 Å². The van der Waals surface area contributed by atoms with Crippen molar-refractivity contribution in [3.05, 3.63) is 18.2 Å². The lowest BCUT2D eigenvalue weighted by atomic mass is 10.2. The normalized spacial score (nSPS) is 25.9. The molecule has 0 radical (unpaired) electrons. The number of rotatable bonds is 5. The van der Waals surface area contributed by atoms with E-state index in [1.807, 2.05) is 0 Å². The van der Waals surface area contributed by atoms with Crippen LogP contribution in [0, 0.1) is 0 Å². The molecule has 28 heavy (non-hydrogen) atoms. The van der Waals surface area contributed by atoms with E-state index in [0.29, 0.717) is 22.4 Å². The van der Waals surface area contributed by atoms with Crippen LogP contribution in [0.15, 0.2) is 23.2 Å². The van der Waals surface area contributed by atoms with Crippen LogP contribution < -0.4 is 14.4 Å². The highest BCUT2D eigenvalue weighted by molar-refractivity contribution is 8.16. The highest BCUT2D eigenvalue weighted by Gasteiger charge is 2.49. The van der Waals surface area contributed by atoms with Gasteiger partial charge in [-0.25, -0.2) is 13.2 Å². The molecular weight excluding hydrogens is 412 g/mol. The Morgan fingerprint density at radius 3 is 2.82 bits per heavy atom. The summed E-state index contributed by atoms with van der Waals surface area (Å²) in [5.41, 5.74) is 0.638. The van der Waals surface area contributed by atoms with Crippen LogP contribution in [-0.2, 0) is 24.2 Å². The zero-order valence-electron chi connectivity index (χ0n) is 14.4. The van der Waals surface area contributed by atoms with Crippen LogP contribution in [0.1, 0.15) is 0 Å². The predicted molar refractivity (Wildman–Crippen MR) is 99.8 cm³/mol. The van der Waals surface area contributed by atoms with Gasteiger partial charge in [-0.05, 0) is 12.1 Å². The van der Waals surface area contributed by atoms with E-state index in [1.165, 1.54) is 11.8 Å². The van der Waals surface area contributed by atoms with Crippen molar-refractivity contribution in [2.24, 2.45) is 4.99 Å². The lowest BCUT2D eigenvalue weighted by molar-refractivity contribution is -0.143. The third-order valence-corrected chi connectivity index (χ3v) is 7.58. The Kier molecular flexibility index (Phi) is 4.93. The number of aliphatic imine (C=N–C) groups is 1. The molecule has 3 aliphatic heterocycles. The molecule has 0 unspecified atom stereocenters. The molecule has 0 bridgehead atoms. The first-order valence-electron chi connectivity index (χ1n) is 8.29. The van der Waals surface area contributed by atoms with Gasteiger partial charge in [-0.3, -0.25) is 4.79 Å². The first-order valence-corrected chi connectivity index (χ1v) is 11.0. The monoisotopic (exact) mass is 428 g/mol. The number of carboxylic acids is 1. The molecule has 1 N–H and O–H groups in total. The fraction of sp³-hybridized carbons (Fsp3) is 0.438. The number of amidine groups is 1. The molecule has 0 aliphatic carbocycles. The average Bonchev–Trinajstić information content (AvgIpc) is 3.25. The average molecular weight is 428 g/mol. The number of anilines is 1. The Morgan fingerprint density at radius 1 is 1.25 bits per heavy atom. The summed E-state index contributed by atoms with van der Waals surface area (Å²) in [6.07, 6.45) is 0. The largest absolute Gasteiger partial charge is 0.480 e. The topological polar surface area (TPSA) is 132 Å². The van der Waals surface area contributed by atoms with Crippen molar-refractivity contribution < 1.29 is 37.3 Å². The van der Waals surface area contributed by atoms with Crippen molar-refractivity contribution in [2.75, 3.05) is 36.4 Å². The van der Waals surface area contributed by atoms with Crippen molar-refractivity contribution in [3.63, 3.8) is 0 Å². The number of aliphatic carboxylic acids is 1. The molecular formula is C16H16N2O8S2. The van der Waals surface area contributed by atoms with Crippen LogP contribution in [0.3, 0.4) is 0 Å². The highest BCUT2D eigenvalue weighted by Crippen LogP contribution is 2.43. The first-order chi connectivity index (χ1) is 13.3. The standard InChI is InChI=1S/C16H16N2O8S2/c19-14(4-24-5-15(20)21)17-16-18(10-6-28(22,23)7-13(10)27-16)9-1-2-11-12(3-9)26-8-25-11/h1-3,10,13H,4-8H2,(H,20,21)/t10-,13+/m0/s1. The molecule has 2 fully saturated rings. The number of carbonyl (C=O) groups is 2. The van der Waals surface area contributed by atoms with Gasteiger partial charge >= 0.3 is 5.97 Å². The molecule has 2 saturated heterocycles. The van der Waals surface area contributed by atoms with Gasteiger partial charge in [-0.2, -0.15) is 4.99 Å². The minimum atomic E-state index is -3.18. The van der Waals surface area contributed by atoms with Gasteiger partial charge < -0.3 is 24.2 Å². The fourth-order valence-corrected chi connectivity index (χ4v) is 7.20. The zero-order chi connectivity index (χ0) is 19.9. The molecule has 10 nitrogen and oxygen atoms in total. The summed E-state index contributed by atoms with van der Waals surface area (Å²) in [7, 11) is -3.18. The summed E-state index contributed by atoms with van der Waals surface area (Å²) >= 11 is 1.22. The summed E-state index contributed by atoms with van der Waals surface area (Å²) in [5, 5.41) is 8.68. The fourth-order valence-electron chi connectivity index (χ4n) is 3.27. The Morgan fingerprint density at radius 2 is 2.04 bits per heavy atom. The van der Waals surface area contributed by atoms with Crippen LogP contribution in [0.4, 0.5) is 5.69 Å². The minimum absolute atomic E-state index is 0.00606. The maximum Gasteiger partial charge on any atom is 0.329 e. The van der Waals surface area contributed by atoms with Crippen LogP contribution in [0.2, 0.25) is 0 Å². The van der Waals surface area contributed by atoms with Gasteiger partial charge in [-0.15, -0.1) is 0 Å². The number of nitrogens with zero attached hydrogens (tertiary/aromatic N) is 2. The maximum absolute atomic E-state index is 12.1. The third-order valence-electron chi connectivity index (χ3n) is 4.37. The first kappa shape index (κ1) is 19.0. The summed E-state index contributed by atoms with van der Waals surface area (Å²) in [6, 6.07) is 4.83. The Labute approximate surface area is 164 Å². The molecule has 2 atom stereocenters. The van der Waals surface area contributed by atoms with Crippen molar-refractivity contribution in [2.45, 2.75) is 11.3 Å². The van der Waals surface area contributed by atoms with Crippen LogP contribution in [0.5, 0.6) is 11.5 Å². The van der Waals surface area contributed by atoms with Crippen molar-refractivity contribution in [1.29, 1.82) is 0 Å². The van der Waals surface area contributed by atoms with Gasteiger partial charge in [0.1, 0.15) is 13.2 Å². The lowest BCUT2D eigenvalue weighted by Gasteiger charge is -2.24. The summed E-state index contributed by atoms with van der Waals surface area (Å²) in [5.74, 6) is -0.742. The second kappa shape index (κ2) is 7.26. The number of carboxylic acid groups (broad SMARTS) is 1. The van der Waals surface area contributed by atoms with Gasteiger partial charge in [0, 0.05) is 17.0 Å². The van der Waals surface area contributed by atoms with E-state index in [-0.39, 0.29) is 29.6 Å². The lowest BCUT2D eigenvalue weighted by Crippen LogP contribution is -2.37. The van der Waals surface area contributed by atoms with Gasteiger partial charge in [0.05, 0.1) is 17.5 Å². The summed E-state index contributed by atoms with van der Waals surface area (Å²) < 4.78 is 39.6. The van der Waals surface area contributed by atoms with E-state index in [4.69, 9.17) is 19.3 Å². The van der Waals surface area contributed by atoms with Gasteiger partial charge in [0.25, 0.3) is 5.91 Å². The number of benzene rings is 1. The summed E-state index contributed by atoms with van der Waals surface area (Å²) in [4.78, 5) is 28.3. The van der Waals surface area contributed by atoms with Crippen LogP contribution >= 0.6 is 11.8 Å². The SMILES string of the molecule is O=C(O)COCC(=O)N=C1S[C@@H]2CS(=O)(=O)C[C@@H]2N1c1ccc2c(c1)OCO2. The highest BCUT2D eigenvalue weighted by atomic mass is 32.2. The van der Waals surface area contributed by atoms with Crippen molar-refractivity contribution >= 4 is 44.3 Å². The second-order valence-electron chi connectivity index (χ2n) is 6.38. The van der Waals surface area contributed by atoms with E-state index in [9.17, 15) is 18.0 Å². The molecule has 150 valence electrons. The molecule has 1 aromatic carbocycles. The molecule has 1 amide bonds.